The second kappa shape index (κ2) is 8.92. The van der Waals surface area contributed by atoms with E-state index in [1.807, 2.05) is 0 Å². The zero-order chi connectivity index (χ0) is 19.2. The van der Waals surface area contributed by atoms with Gasteiger partial charge in [-0.15, -0.1) is 0 Å². The SMILES string of the molecule is Fc1ccc(/C=N\Nc2nc(N3CCCCC3)nc(N3CCOCC3)n2)cc1. The molecule has 2 aliphatic rings. The number of morpholine rings is 1. The van der Waals surface area contributed by atoms with Gasteiger partial charge >= 0.3 is 0 Å². The molecule has 8 nitrogen and oxygen atoms in total. The van der Waals surface area contributed by atoms with Gasteiger partial charge in [-0.05, 0) is 37.0 Å². The molecule has 2 saturated heterocycles. The van der Waals surface area contributed by atoms with Crippen molar-refractivity contribution >= 4 is 24.1 Å². The summed E-state index contributed by atoms with van der Waals surface area (Å²) in [5.41, 5.74) is 3.68. The lowest BCUT2D eigenvalue weighted by Crippen LogP contribution is -2.38. The largest absolute Gasteiger partial charge is 0.378 e. The molecule has 3 heterocycles. The summed E-state index contributed by atoms with van der Waals surface area (Å²) in [6, 6.07) is 6.11. The highest BCUT2D eigenvalue weighted by molar-refractivity contribution is 5.79. The molecule has 0 amide bonds. The van der Waals surface area contributed by atoms with Crippen molar-refractivity contribution in [1.82, 2.24) is 15.0 Å². The van der Waals surface area contributed by atoms with Crippen molar-refractivity contribution in [2.45, 2.75) is 19.3 Å². The molecule has 4 rings (SSSR count). The van der Waals surface area contributed by atoms with Crippen LogP contribution in [0.15, 0.2) is 29.4 Å². The third kappa shape index (κ3) is 4.72. The number of piperidine rings is 1. The summed E-state index contributed by atoms with van der Waals surface area (Å²) < 4.78 is 18.4. The van der Waals surface area contributed by atoms with Gasteiger partial charge in [-0.1, -0.05) is 12.1 Å². The Balaban J connectivity index is 1.54. The van der Waals surface area contributed by atoms with Gasteiger partial charge in [0.05, 0.1) is 19.4 Å². The van der Waals surface area contributed by atoms with Crippen molar-refractivity contribution in [3.05, 3.63) is 35.6 Å². The normalized spacial score (nSPS) is 17.9. The molecular formula is C19H24FN7O. The van der Waals surface area contributed by atoms with Crippen LogP contribution >= 0.6 is 0 Å². The molecule has 148 valence electrons. The second-order valence-corrected chi connectivity index (χ2v) is 6.83. The van der Waals surface area contributed by atoms with Crippen LogP contribution in [0.2, 0.25) is 0 Å². The van der Waals surface area contributed by atoms with E-state index in [0.717, 1.165) is 44.6 Å². The molecule has 2 aromatic rings. The van der Waals surface area contributed by atoms with Gasteiger partial charge in [0.25, 0.3) is 0 Å². The number of anilines is 3. The first-order valence-corrected chi connectivity index (χ1v) is 9.66. The molecule has 0 radical (unpaired) electrons. The summed E-state index contributed by atoms with van der Waals surface area (Å²) in [7, 11) is 0. The van der Waals surface area contributed by atoms with Crippen LogP contribution < -0.4 is 15.2 Å². The maximum Gasteiger partial charge on any atom is 0.250 e. The Kier molecular flexibility index (Phi) is 5.91. The first-order valence-electron chi connectivity index (χ1n) is 9.66. The molecule has 0 bridgehead atoms. The Bertz CT molecular complexity index is 766. The molecular weight excluding hydrogens is 361 g/mol. The third-order valence-corrected chi connectivity index (χ3v) is 4.79. The highest BCUT2D eigenvalue weighted by Gasteiger charge is 2.20. The number of ether oxygens (including phenoxy) is 1. The fourth-order valence-electron chi connectivity index (χ4n) is 3.26. The molecule has 2 fully saturated rings. The molecule has 0 spiro atoms. The first-order chi connectivity index (χ1) is 13.8. The van der Waals surface area contributed by atoms with Crippen LogP contribution in [0.4, 0.5) is 22.2 Å². The number of benzene rings is 1. The number of nitrogens with zero attached hydrogens (tertiary/aromatic N) is 6. The topological polar surface area (TPSA) is 78.8 Å². The molecule has 1 N–H and O–H groups in total. The van der Waals surface area contributed by atoms with Gasteiger partial charge in [-0.3, -0.25) is 0 Å². The van der Waals surface area contributed by atoms with Crippen LogP contribution in [0, 0.1) is 5.82 Å². The summed E-state index contributed by atoms with van der Waals surface area (Å²) in [5.74, 6) is 1.44. The minimum Gasteiger partial charge on any atom is -0.378 e. The number of rotatable bonds is 5. The lowest BCUT2D eigenvalue weighted by atomic mass is 10.1. The molecule has 0 atom stereocenters. The summed E-state index contributed by atoms with van der Waals surface area (Å²) in [4.78, 5) is 18.1. The van der Waals surface area contributed by atoms with Crippen LogP contribution in [-0.4, -0.2) is 60.6 Å². The lowest BCUT2D eigenvalue weighted by molar-refractivity contribution is 0.122. The van der Waals surface area contributed by atoms with Crippen LogP contribution in [-0.2, 0) is 4.74 Å². The van der Waals surface area contributed by atoms with E-state index in [1.165, 1.54) is 18.6 Å². The van der Waals surface area contributed by atoms with Crippen molar-refractivity contribution in [3.63, 3.8) is 0 Å². The highest BCUT2D eigenvalue weighted by atomic mass is 19.1. The van der Waals surface area contributed by atoms with E-state index in [4.69, 9.17) is 9.72 Å². The number of halogens is 1. The number of nitrogens with one attached hydrogen (secondary N) is 1. The number of hydrogen-bond donors (Lipinski definition) is 1. The van der Waals surface area contributed by atoms with Gasteiger partial charge in [0.1, 0.15) is 5.82 Å². The maximum absolute atomic E-state index is 13.0. The van der Waals surface area contributed by atoms with Gasteiger partial charge in [0, 0.05) is 26.2 Å². The van der Waals surface area contributed by atoms with Crippen LogP contribution in [0.3, 0.4) is 0 Å². The fraction of sp³-hybridized carbons (Fsp3) is 0.474. The van der Waals surface area contributed by atoms with Crippen molar-refractivity contribution < 1.29 is 9.13 Å². The monoisotopic (exact) mass is 385 g/mol. The van der Waals surface area contributed by atoms with Gasteiger partial charge in [-0.25, -0.2) is 9.82 Å². The second-order valence-electron chi connectivity index (χ2n) is 6.83. The Hall–Kier alpha value is -2.81. The zero-order valence-electron chi connectivity index (χ0n) is 15.7. The van der Waals surface area contributed by atoms with E-state index < -0.39 is 0 Å². The summed E-state index contributed by atoms with van der Waals surface area (Å²) >= 11 is 0. The molecule has 2 aliphatic heterocycles. The summed E-state index contributed by atoms with van der Waals surface area (Å²) in [5, 5.41) is 4.20. The molecule has 0 saturated carbocycles. The fourth-order valence-corrected chi connectivity index (χ4v) is 3.26. The van der Waals surface area contributed by atoms with Gasteiger partial charge < -0.3 is 14.5 Å². The Labute approximate surface area is 163 Å². The highest BCUT2D eigenvalue weighted by Crippen LogP contribution is 2.21. The predicted octanol–water partition coefficient (Wildman–Crippen LogP) is 2.28. The van der Waals surface area contributed by atoms with E-state index in [-0.39, 0.29) is 5.82 Å². The number of hydrazone groups is 1. The molecule has 1 aromatic carbocycles. The van der Waals surface area contributed by atoms with Crippen molar-refractivity contribution in [2.24, 2.45) is 5.10 Å². The average molecular weight is 385 g/mol. The molecule has 1 aromatic heterocycles. The quantitative estimate of drug-likeness (QED) is 0.625. The number of aromatic nitrogens is 3. The van der Waals surface area contributed by atoms with E-state index in [2.05, 4.69) is 30.3 Å². The predicted molar refractivity (Wildman–Crippen MR) is 107 cm³/mol. The molecule has 28 heavy (non-hydrogen) atoms. The molecule has 9 heteroatoms. The minimum atomic E-state index is -0.274. The van der Waals surface area contributed by atoms with E-state index in [0.29, 0.717) is 31.1 Å². The van der Waals surface area contributed by atoms with Crippen LogP contribution in [0.1, 0.15) is 24.8 Å². The average Bonchev–Trinajstić information content (AvgIpc) is 2.76. The lowest BCUT2D eigenvalue weighted by Gasteiger charge is -2.30. The maximum atomic E-state index is 13.0. The van der Waals surface area contributed by atoms with Crippen LogP contribution in [0.5, 0.6) is 0 Å². The van der Waals surface area contributed by atoms with Gasteiger partial charge in [0.15, 0.2) is 0 Å². The van der Waals surface area contributed by atoms with E-state index >= 15 is 0 Å². The first kappa shape index (κ1) is 18.5. The summed E-state index contributed by atoms with van der Waals surface area (Å²) in [6.07, 6.45) is 5.14. The Morgan fingerprint density at radius 1 is 0.893 bits per heavy atom. The van der Waals surface area contributed by atoms with Crippen molar-refractivity contribution in [3.8, 4) is 0 Å². The molecule has 0 unspecified atom stereocenters. The standard InChI is InChI=1S/C19H24FN7O/c20-16-6-4-15(5-7-16)14-21-25-17-22-18(26-8-2-1-3-9-26)24-19(23-17)27-10-12-28-13-11-27/h4-7,14H,1-3,8-13H2,(H,22,23,24,25)/b21-14-. The minimum absolute atomic E-state index is 0.274. The molecule has 0 aliphatic carbocycles. The summed E-state index contributed by atoms with van der Waals surface area (Å²) in [6.45, 7) is 4.73. The van der Waals surface area contributed by atoms with E-state index in [9.17, 15) is 4.39 Å². The zero-order valence-corrected chi connectivity index (χ0v) is 15.7. The third-order valence-electron chi connectivity index (χ3n) is 4.79. The van der Waals surface area contributed by atoms with Crippen molar-refractivity contribution in [2.75, 3.05) is 54.6 Å². The number of hydrogen-bond acceptors (Lipinski definition) is 8. The van der Waals surface area contributed by atoms with Gasteiger partial charge in [-0.2, -0.15) is 20.1 Å². The Morgan fingerprint density at radius 3 is 2.21 bits per heavy atom. The Morgan fingerprint density at radius 2 is 1.54 bits per heavy atom. The van der Waals surface area contributed by atoms with Crippen LogP contribution in [0.25, 0.3) is 0 Å². The smallest absolute Gasteiger partial charge is 0.250 e. The van der Waals surface area contributed by atoms with Crippen molar-refractivity contribution in [1.29, 1.82) is 0 Å². The van der Waals surface area contributed by atoms with Gasteiger partial charge in [0.2, 0.25) is 17.8 Å². The van der Waals surface area contributed by atoms with E-state index in [1.54, 1.807) is 18.3 Å².